The zero-order valence-electron chi connectivity index (χ0n) is 21.6. The molecule has 0 unspecified atom stereocenters. The van der Waals surface area contributed by atoms with Gasteiger partial charge in [-0.1, -0.05) is 25.0 Å². The lowest BCUT2D eigenvalue weighted by Crippen LogP contribution is -2.42. The molecule has 2 saturated carbocycles. The van der Waals surface area contributed by atoms with Crippen molar-refractivity contribution in [3.8, 4) is 16.5 Å². The highest BCUT2D eigenvalue weighted by Crippen LogP contribution is 2.47. The van der Waals surface area contributed by atoms with E-state index in [0.29, 0.717) is 37.1 Å². The molecule has 204 valence electrons. The zero-order chi connectivity index (χ0) is 26.3. The molecule has 8 nitrogen and oxygen atoms in total. The molecule has 38 heavy (non-hydrogen) atoms. The fourth-order valence-electron chi connectivity index (χ4n) is 6.01. The van der Waals surface area contributed by atoms with Gasteiger partial charge in [0, 0.05) is 43.1 Å². The summed E-state index contributed by atoms with van der Waals surface area (Å²) in [7, 11) is -2.43. The maximum atomic E-state index is 13.4. The van der Waals surface area contributed by atoms with Crippen LogP contribution in [0.2, 0.25) is 0 Å². The molecule has 3 atom stereocenters. The van der Waals surface area contributed by atoms with Gasteiger partial charge >= 0.3 is 0 Å². The average Bonchev–Trinajstić information content (AvgIpc) is 3.30. The van der Waals surface area contributed by atoms with E-state index in [1.165, 1.54) is 0 Å². The first-order valence-corrected chi connectivity index (χ1v) is 16.5. The first-order chi connectivity index (χ1) is 18.4. The Kier molecular flexibility index (Phi) is 7.16. The van der Waals surface area contributed by atoms with E-state index < -0.39 is 16.1 Å². The van der Waals surface area contributed by atoms with Crippen LogP contribution >= 0.6 is 21.9 Å². The van der Waals surface area contributed by atoms with Gasteiger partial charge in [-0.2, -0.15) is 15.9 Å². The van der Waals surface area contributed by atoms with Crippen molar-refractivity contribution >= 4 is 33.5 Å². The predicted octanol–water partition coefficient (Wildman–Crippen LogP) is 5.33. The van der Waals surface area contributed by atoms with Crippen LogP contribution in [0.1, 0.15) is 67.5 Å². The summed E-state index contributed by atoms with van der Waals surface area (Å²) in [6, 6.07) is 10.8. The second-order valence-electron chi connectivity index (χ2n) is 11.3. The summed E-state index contributed by atoms with van der Waals surface area (Å²) in [6.07, 6.45) is 6.29. The van der Waals surface area contributed by atoms with Crippen molar-refractivity contribution in [2.45, 2.75) is 62.3 Å². The van der Waals surface area contributed by atoms with E-state index in [2.05, 4.69) is 40.6 Å². The highest BCUT2D eigenvalue weighted by molar-refractivity contribution is 8.24. The summed E-state index contributed by atoms with van der Waals surface area (Å²) in [6.45, 7) is 2.73. The molecule has 4 aliphatic rings. The second kappa shape index (κ2) is 10.4. The van der Waals surface area contributed by atoms with Crippen molar-refractivity contribution in [1.29, 1.82) is 5.26 Å². The number of aromatic nitrogens is 1. The number of ether oxygens (including phenoxy) is 1. The number of hydrogen-bond donors (Lipinski definition) is 3. The molecule has 4 fully saturated rings. The number of thiazole rings is 1. The molecular weight excluding hydrogens is 520 g/mol. The van der Waals surface area contributed by atoms with Crippen LogP contribution in [0, 0.1) is 17.2 Å². The van der Waals surface area contributed by atoms with Crippen LogP contribution in [0.4, 0.5) is 5.69 Å². The predicted molar refractivity (Wildman–Crippen MR) is 151 cm³/mol. The molecule has 0 bridgehead atoms. The van der Waals surface area contributed by atoms with Crippen molar-refractivity contribution in [3.05, 3.63) is 35.0 Å². The molecule has 6 rings (SSSR count). The minimum atomic E-state index is -2.43. The maximum absolute atomic E-state index is 13.4. The molecular formula is C28H36N4O4S2. The van der Waals surface area contributed by atoms with Gasteiger partial charge in [0.05, 0.1) is 39.8 Å². The van der Waals surface area contributed by atoms with Crippen LogP contribution in [-0.2, 0) is 9.53 Å². The smallest absolute Gasteiger partial charge is 0.225 e. The number of carbonyl (C=O) groups excluding carboxylic acids is 1. The topological polar surface area (TPSA) is 119 Å². The number of rotatable bonds is 6. The third kappa shape index (κ3) is 5.32. The van der Waals surface area contributed by atoms with Crippen molar-refractivity contribution < 1.29 is 18.6 Å². The van der Waals surface area contributed by atoms with E-state index in [9.17, 15) is 19.2 Å². The Balaban J connectivity index is 1.30. The molecule has 1 aromatic carbocycles. The molecule has 0 spiro atoms. The van der Waals surface area contributed by atoms with Crippen LogP contribution in [0.5, 0.6) is 0 Å². The Morgan fingerprint density at radius 3 is 2.55 bits per heavy atom. The number of nitrogens with one attached hydrogen (secondary N) is 1. The fourth-order valence-corrected chi connectivity index (χ4v) is 8.50. The Bertz CT molecular complexity index is 1200. The molecule has 2 saturated heterocycles. The van der Waals surface area contributed by atoms with Crippen LogP contribution in [0.25, 0.3) is 10.4 Å². The summed E-state index contributed by atoms with van der Waals surface area (Å²) in [4.78, 5) is 22.0. The van der Waals surface area contributed by atoms with Gasteiger partial charge < -0.3 is 15.0 Å². The lowest BCUT2D eigenvalue weighted by atomic mass is 9.76. The number of nitriles is 1. The number of hydrogen-bond acceptors (Lipinski definition) is 8. The van der Waals surface area contributed by atoms with Gasteiger partial charge in [0.15, 0.2) is 0 Å². The first-order valence-electron chi connectivity index (χ1n) is 13.8. The zero-order valence-corrected chi connectivity index (χ0v) is 23.2. The Morgan fingerprint density at radius 1 is 1.16 bits per heavy atom. The lowest BCUT2D eigenvalue weighted by Gasteiger charge is -2.41. The van der Waals surface area contributed by atoms with Gasteiger partial charge in [0.25, 0.3) is 0 Å². The molecule has 10 heteroatoms. The van der Waals surface area contributed by atoms with Crippen molar-refractivity contribution in [3.63, 3.8) is 0 Å². The monoisotopic (exact) mass is 556 g/mol. The molecule has 3 N–H and O–H groups in total. The Hall–Kier alpha value is -2.16. The largest absolute Gasteiger partial charge is 0.381 e. The van der Waals surface area contributed by atoms with Crippen molar-refractivity contribution in [2.24, 2.45) is 5.92 Å². The molecule has 2 aliphatic carbocycles. The number of amides is 1. The minimum absolute atomic E-state index is 0.00451. The maximum Gasteiger partial charge on any atom is 0.225 e. The SMILES string of the molecule is N#CC1(NC(=O)[C@@H]2CCCC[C@H]2c2nc([C@@H]3CCOC3)sc2-c2ccc(N3CCS(O)(O)CC3)cc2)CC1. The highest BCUT2D eigenvalue weighted by atomic mass is 32.3. The van der Waals surface area contributed by atoms with Crippen LogP contribution in [0.3, 0.4) is 0 Å². The summed E-state index contributed by atoms with van der Waals surface area (Å²) >= 11 is 1.74. The van der Waals surface area contributed by atoms with Gasteiger partial charge in [-0.15, -0.1) is 11.3 Å². The second-order valence-corrected chi connectivity index (χ2v) is 14.7. The summed E-state index contributed by atoms with van der Waals surface area (Å²) in [5, 5.41) is 13.7. The van der Waals surface area contributed by atoms with Gasteiger partial charge in [-0.3, -0.25) is 13.9 Å². The van der Waals surface area contributed by atoms with E-state index in [4.69, 9.17) is 9.72 Å². The van der Waals surface area contributed by atoms with Crippen molar-refractivity contribution in [1.82, 2.24) is 10.3 Å². The van der Waals surface area contributed by atoms with Crippen LogP contribution in [0.15, 0.2) is 24.3 Å². The van der Waals surface area contributed by atoms with Crippen LogP contribution < -0.4 is 10.2 Å². The Labute approximate surface area is 229 Å². The number of anilines is 1. The number of benzene rings is 1. The normalized spacial score (nSPS) is 28.9. The molecule has 1 aromatic heterocycles. The van der Waals surface area contributed by atoms with E-state index in [1.54, 1.807) is 11.3 Å². The van der Waals surface area contributed by atoms with Gasteiger partial charge in [0.2, 0.25) is 5.91 Å². The van der Waals surface area contributed by atoms with E-state index in [0.717, 1.165) is 78.4 Å². The van der Waals surface area contributed by atoms with Crippen molar-refractivity contribution in [2.75, 3.05) is 42.7 Å². The fraction of sp³-hybridized carbons (Fsp3) is 0.607. The highest BCUT2D eigenvalue weighted by Gasteiger charge is 2.47. The van der Waals surface area contributed by atoms with E-state index in [1.807, 2.05) is 0 Å². The third-order valence-corrected chi connectivity index (χ3v) is 11.6. The van der Waals surface area contributed by atoms with Gasteiger partial charge in [-0.05, 0) is 49.8 Å². The number of carbonyl (C=O) groups is 1. The lowest BCUT2D eigenvalue weighted by molar-refractivity contribution is -0.127. The average molecular weight is 557 g/mol. The van der Waals surface area contributed by atoms with E-state index >= 15 is 0 Å². The van der Waals surface area contributed by atoms with Gasteiger partial charge in [0.1, 0.15) is 5.54 Å². The quantitative estimate of drug-likeness (QED) is 0.440. The van der Waals surface area contributed by atoms with Gasteiger partial charge in [-0.25, -0.2) is 4.98 Å². The minimum Gasteiger partial charge on any atom is -0.381 e. The molecule has 0 radical (unpaired) electrons. The van der Waals surface area contributed by atoms with Crippen LogP contribution in [-0.4, -0.2) is 63.3 Å². The van der Waals surface area contributed by atoms with E-state index in [-0.39, 0.29) is 17.7 Å². The molecule has 2 aliphatic heterocycles. The Morgan fingerprint density at radius 2 is 1.89 bits per heavy atom. The molecule has 2 aromatic rings. The standard InChI is InChI=1S/C28H36N4O4S2/c29-18-28(10-11-28)31-26(33)23-4-2-1-3-22(23)24-25(37-27(30-24)20-9-14-36-17-20)19-5-7-21(8-6-19)32-12-15-38(34,35)16-13-32/h5-8,20,22-23,34-35H,1-4,9-17H2,(H,31,33)/t20-,22-,23-/m1/s1. The third-order valence-electron chi connectivity index (χ3n) is 8.60. The summed E-state index contributed by atoms with van der Waals surface area (Å²) in [5.74, 6) is 0.995. The molecule has 1 amide bonds. The number of nitrogens with zero attached hydrogens (tertiary/aromatic N) is 3. The summed E-state index contributed by atoms with van der Waals surface area (Å²) in [5.41, 5.74) is 2.56. The summed E-state index contributed by atoms with van der Waals surface area (Å²) < 4.78 is 25.6. The molecule has 3 heterocycles. The first kappa shape index (κ1) is 26.1.